The topological polar surface area (TPSA) is 78.6 Å². The molecule has 3 heterocycles. The lowest BCUT2D eigenvalue weighted by Crippen LogP contribution is -2.36. The van der Waals surface area contributed by atoms with Crippen LogP contribution in [-0.4, -0.2) is 26.8 Å². The van der Waals surface area contributed by atoms with E-state index in [1.165, 1.54) is 30.5 Å². The van der Waals surface area contributed by atoms with E-state index in [0.717, 1.165) is 13.1 Å². The number of rotatable bonds is 9. The predicted octanol–water partition coefficient (Wildman–Crippen LogP) is 6.91. The summed E-state index contributed by atoms with van der Waals surface area (Å²) in [6, 6.07) is 4.59. The van der Waals surface area contributed by atoms with Crippen LogP contribution in [0.15, 0.2) is 61.2 Å². The average Bonchev–Trinajstić information content (AvgIpc) is 3.15. The Balaban J connectivity index is 2.08. The molecule has 0 spiro atoms. The fourth-order valence-electron chi connectivity index (χ4n) is 3.26. The van der Waals surface area contributed by atoms with Crippen LogP contribution in [0.1, 0.15) is 25.8 Å². The maximum atomic E-state index is 14.4. The fraction of sp³-hybridized carbons (Fsp3) is 0.208. The van der Waals surface area contributed by atoms with E-state index in [2.05, 4.69) is 32.1 Å². The van der Waals surface area contributed by atoms with Gasteiger partial charge in [-0.2, -0.15) is 18.4 Å². The number of nitrogens with zero attached hydrogens (tertiary/aromatic N) is 4. The molecular formula is C24H21F5N6S. The van der Waals surface area contributed by atoms with Gasteiger partial charge in [0.15, 0.2) is 0 Å². The Kier molecular flexibility index (Phi) is 8.49. The number of aromatic nitrogens is 3. The predicted molar refractivity (Wildman–Crippen MR) is 131 cm³/mol. The molecule has 0 saturated heterocycles. The van der Waals surface area contributed by atoms with Crippen molar-refractivity contribution in [1.29, 1.82) is 5.26 Å². The van der Waals surface area contributed by atoms with Crippen LogP contribution in [0.3, 0.4) is 0 Å². The second kappa shape index (κ2) is 11.4. The number of hydrogen-bond acceptors (Lipinski definition) is 6. The van der Waals surface area contributed by atoms with Crippen LogP contribution in [0.4, 0.5) is 27.6 Å². The number of nitriles is 1. The van der Waals surface area contributed by atoms with Crippen molar-refractivity contribution in [3.8, 4) is 17.5 Å². The lowest BCUT2D eigenvalue weighted by Gasteiger charge is -2.16. The van der Waals surface area contributed by atoms with E-state index < -0.39 is 23.9 Å². The number of hydrogen-bond donors (Lipinski definition) is 2. The summed E-state index contributed by atoms with van der Waals surface area (Å²) in [5.41, 5.74) is 1.72. The maximum absolute atomic E-state index is 14.4. The maximum Gasteiger partial charge on any atom is 0.404 e. The number of pyridine rings is 2. The average molecular weight is 521 g/mol. The molecule has 1 atom stereocenters. The Labute approximate surface area is 208 Å². The molecule has 0 aliphatic heterocycles. The Morgan fingerprint density at radius 3 is 2.64 bits per heavy atom. The van der Waals surface area contributed by atoms with Crippen molar-refractivity contribution in [2.24, 2.45) is 0 Å². The van der Waals surface area contributed by atoms with E-state index in [1.54, 1.807) is 23.6 Å². The minimum absolute atomic E-state index is 0.0905. The van der Waals surface area contributed by atoms with E-state index in [1.807, 2.05) is 0 Å². The van der Waals surface area contributed by atoms with Gasteiger partial charge < -0.3 is 4.72 Å². The summed E-state index contributed by atoms with van der Waals surface area (Å²) in [4.78, 5) is 8.49. The van der Waals surface area contributed by atoms with Crippen molar-refractivity contribution in [3.05, 3.63) is 72.6 Å². The molecule has 0 aromatic carbocycles. The van der Waals surface area contributed by atoms with E-state index in [9.17, 15) is 27.2 Å². The van der Waals surface area contributed by atoms with Crippen molar-refractivity contribution < 1.29 is 22.0 Å². The van der Waals surface area contributed by atoms with Crippen molar-refractivity contribution in [1.82, 2.24) is 19.3 Å². The molecular weight excluding hydrogens is 499 g/mol. The van der Waals surface area contributed by atoms with Gasteiger partial charge in [-0.25, -0.2) is 18.5 Å². The second-order valence-corrected chi connectivity index (χ2v) is 8.13. The minimum Gasteiger partial charge on any atom is -0.315 e. The molecule has 0 fully saturated rings. The Bertz CT molecular complexity index is 1350. The first kappa shape index (κ1) is 26.9. The number of anilines is 1. The van der Waals surface area contributed by atoms with Gasteiger partial charge in [-0.3, -0.25) is 9.55 Å². The number of halogens is 5. The van der Waals surface area contributed by atoms with Gasteiger partial charge in [0, 0.05) is 23.2 Å². The summed E-state index contributed by atoms with van der Waals surface area (Å²) < 4.78 is 72.8. The van der Waals surface area contributed by atoms with Crippen molar-refractivity contribution in [3.63, 3.8) is 0 Å². The van der Waals surface area contributed by atoms with Crippen molar-refractivity contribution >= 4 is 34.6 Å². The summed E-state index contributed by atoms with van der Waals surface area (Å²) in [5, 5.41) is 10.1. The largest absolute Gasteiger partial charge is 0.404 e. The second-order valence-electron chi connectivity index (χ2n) is 7.49. The van der Waals surface area contributed by atoms with Crippen LogP contribution in [-0.2, 0) is 0 Å². The van der Waals surface area contributed by atoms with Crippen LogP contribution >= 0.6 is 12.1 Å². The molecule has 0 saturated carbocycles. The molecule has 12 heteroatoms. The van der Waals surface area contributed by atoms with Gasteiger partial charge >= 0.3 is 6.18 Å². The number of fused-ring (bicyclic) bond motifs is 1. The molecule has 0 radical (unpaired) electrons. The zero-order valence-corrected chi connectivity index (χ0v) is 20.0. The van der Waals surface area contributed by atoms with E-state index in [-0.39, 0.29) is 22.3 Å². The molecule has 36 heavy (non-hydrogen) atoms. The van der Waals surface area contributed by atoms with E-state index in [0.29, 0.717) is 35.6 Å². The van der Waals surface area contributed by atoms with Crippen molar-refractivity contribution in [2.45, 2.75) is 32.5 Å². The highest BCUT2D eigenvalue weighted by atomic mass is 32.2. The Morgan fingerprint density at radius 1 is 1.31 bits per heavy atom. The molecule has 1 unspecified atom stereocenters. The first-order valence-electron chi connectivity index (χ1n) is 10.6. The monoisotopic (exact) mass is 520 g/mol. The lowest BCUT2D eigenvalue weighted by molar-refractivity contribution is -0.146. The number of alkyl halides is 3. The molecule has 188 valence electrons. The quantitative estimate of drug-likeness (QED) is 0.181. The van der Waals surface area contributed by atoms with Crippen LogP contribution in [0, 0.1) is 17.1 Å². The molecule has 6 nitrogen and oxygen atoms in total. The first-order chi connectivity index (χ1) is 17.1. The summed E-state index contributed by atoms with van der Waals surface area (Å²) in [5.74, 6) is -1.23. The van der Waals surface area contributed by atoms with Gasteiger partial charge in [0.1, 0.15) is 29.4 Å². The highest BCUT2D eigenvalue weighted by Crippen LogP contribution is 2.36. The molecule has 0 aliphatic rings. The van der Waals surface area contributed by atoms with E-state index >= 15 is 0 Å². The third-order valence-electron chi connectivity index (χ3n) is 5.02. The zero-order chi connectivity index (χ0) is 26.5. The third kappa shape index (κ3) is 5.92. The van der Waals surface area contributed by atoms with Crippen LogP contribution < -0.4 is 9.44 Å². The summed E-state index contributed by atoms with van der Waals surface area (Å²) in [6.45, 7) is 6.24. The summed E-state index contributed by atoms with van der Waals surface area (Å²) in [6.07, 6.45) is 2.03. The van der Waals surface area contributed by atoms with Crippen LogP contribution in [0.2, 0.25) is 0 Å². The molecule has 3 aromatic heterocycles. The molecule has 3 aromatic rings. The lowest BCUT2D eigenvalue weighted by atomic mass is 10.1. The van der Waals surface area contributed by atoms with Crippen LogP contribution in [0.5, 0.6) is 0 Å². The molecule has 3 rings (SSSR count). The summed E-state index contributed by atoms with van der Waals surface area (Å²) in [7, 11) is 0. The number of allylic oxidation sites excluding steroid dienone is 5. The Hall–Kier alpha value is -3.69. The van der Waals surface area contributed by atoms with E-state index in [4.69, 9.17) is 0 Å². The fourth-order valence-corrected chi connectivity index (χ4v) is 3.87. The smallest absolute Gasteiger partial charge is 0.315 e. The van der Waals surface area contributed by atoms with Gasteiger partial charge in [-0.15, -0.1) is 0 Å². The van der Waals surface area contributed by atoms with Crippen molar-refractivity contribution in [2.75, 3.05) is 4.72 Å². The van der Waals surface area contributed by atoms with Gasteiger partial charge in [0.2, 0.25) is 0 Å². The highest BCUT2D eigenvalue weighted by Gasteiger charge is 2.35. The van der Waals surface area contributed by atoms with Crippen LogP contribution in [0.25, 0.3) is 28.1 Å². The third-order valence-corrected chi connectivity index (χ3v) is 5.83. The number of nitrogens with one attached hydrogen (secondary N) is 2. The van der Waals surface area contributed by atoms with Gasteiger partial charge in [0.05, 0.1) is 35.0 Å². The van der Waals surface area contributed by atoms with Gasteiger partial charge in [-0.1, -0.05) is 19.6 Å². The normalized spacial score (nSPS) is 13.5. The minimum atomic E-state index is -4.39. The molecule has 0 aliphatic carbocycles. The standard InChI is InChI=1S/C24H21F5N6S/c1-4-6-15(25)9-18(5-2)35-22(20(11-30)19-10-16(26)12-32-23(19)35)21-8-7-17(13-31-21)34-36-33-14(3)24(27,28)29/h4,6-10,12-14,33-34H,1,5H2,2-3H3/b15-6+,18-9+. The molecule has 0 amide bonds. The zero-order valence-electron chi connectivity index (χ0n) is 19.2. The summed E-state index contributed by atoms with van der Waals surface area (Å²) >= 11 is 0.645. The van der Waals surface area contributed by atoms with Gasteiger partial charge in [-0.05, 0) is 43.7 Å². The highest BCUT2D eigenvalue weighted by molar-refractivity contribution is 7.98. The SMILES string of the molecule is C=C/C=C(F)\C=C(/CC)n1c(-c2ccc(NSNC(C)C(F)(F)F)cn2)c(C#N)c2cc(F)cnc21. The Morgan fingerprint density at radius 2 is 2.06 bits per heavy atom. The molecule has 0 bridgehead atoms. The first-order valence-corrected chi connectivity index (χ1v) is 11.4. The molecule has 2 N–H and O–H groups in total. The van der Waals surface area contributed by atoms with Gasteiger partial charge in [0.25, 0.3) is 0 Å².